The molecule has 1 aromatic carbocycles. The highest BCUT2D eigenvalue weighted by Gasteiger charge is 2.53. The van der Waals surface area contributed by atoms with Crippen molar-refractivity contribution in [3.05, 3.63) is 41.2 Å². The fraction of sp³-hybridized carbons (Fsp3) is 0.529. The number of hydrogen-bond acceptors (Lipinski definition) is 4. The summed E-state index contributed by atoms with van der Waals surface area (Å²) < 4.78 is 5.78. The quantitative estimate of drug-likeness (QED) is 0.927. The normalized spacial score (nSPS) is 33.0. The number of rotatable bonds is 3. The van der Waals surface area contributed by atoms with Crippen LogP contribution in [0.2, 0.25) is 5.02 Å². The molecule has 2 bridgehead atoms. The molecular weight excluding hydrogens is 298 g/mol. The molecular formula is C17H22ClN3O. The largest absolute Gasteiger partial charge is 0.479 e. The summed E-state index contributed by atoms with van der Waals surface area (Å²) in [5.74, 6) is 1.55. The Hall–Kier alpha value is -1.39. The van der Waals surface area contributed by atoms with E-state index in [9.17, 15) is 0 Å². The molecule has 0 aromatic heterocycles. The number of nitrogens with zero attached hydrogens (tertiary/aromatic N) is 2. The number of hydrazine groups is 1. The molecule has 3 fully saturated rings. The molecule has 5 heteroatoms. The molecule has 1 N–H and O–H groups in total. The van der Waals surface area contributed by atoms with E-state index in [-0.39, 0.29) is 5.54 Å². The minimum absolute atomic E-state index is 0.00513. The average Bonchev–Trinajstić information content (AvgIpc) is 2.87. The van der Waals surface area contributed by atoms with Gasteiger partial charge in [-0.05, 0) is 63.0 Å². The van der Waals surface area contributed by atoms with Gasteiger partial charge >= 0.3 is 0 Å². The van der Waals surface area contributed by atoms with Gasteiger partial charge in [-0.1, -0.05) is 11.6 Å². The third-order valence-corrected chi connectivity index (χ3v) is 5.43. The Morgan fingerprint density at radius 2 is 2.00 bits per heavy atom. The Morgan fingerprint density at radius 1 is 1.27 bits per heavy atom. The van der Waals surface area contributed by atoms with Gasteiger partial charge in [-0.3, -0.25) is 10.4 Å². The summed E-state index contributed by atoms with van der Waals surface area (Å²) >= 11 is 6.05. The van der Waals surface area contributed by atoms with Crippen LogP contribution in [0.1, 0.15) is 19.8 Å². The third-order valence-electron chi connectivity index (χ3n) is 5.18. The van der Waals surface area contributed by atoms with E-state index in [2.05, 4.69) is 33.5 Å². The Kier molecular flexibility index (Phi) is 3.46. The first kappa shape index (κ1) is 14.2. The molecule has 3 saturated heterocycles. The summed E-state index contributed by atoms with van der Waals surface area (Å²) in [5.41, 5.74) is 4.61. The maximum atomic E-state index is 6.05. The van der Waals surface area contributed by atoms with Crippen molar-refractivity contribution >= 4 is 17.3 Å². The van der Waals surface area contributed by atoms with Crippen LogP contribution >= 0.6 is 11.6 Å². The number of halogens is 1. The summed E-state index contributed by atoms with van der Waals surface area (Å²) in [7, 11) is 0. The van der Waals surface area contributed by atoms with Gasteiger partial charge in [-0.15, -0.1) is 0 Å². The summed E-state index contributed by atoms with van der Waals surface area (Å²) in [6.45, 7) is 6.20. The second kappa shape index (κ2) is 5.36. The molecule has 0 aliphatic carbocycles. The van der Waals surface area contributed by atoms with Crippen molar-refractivity contribution in [1.29, 1.82) is 0 Å². The summed E-state index contributed by atoms with van der Waals surface area (Å²) in [6.07, 6.45) is 4.81. The summed E-state index contributed by atoms with van der Waals surface area (Å²) in [6, 6.07) is 8.06. The van der Waals surface area contributed by atoms with E-state index in [1.54, 1.807) is 0 Å². The minimum Gasteiger partial charge on any atom is -0.479 e. The van der Waals surface area contributed by atoms with E-state index in [0.29, 0.717) is 12.5 Å². The zero-order valence-electron chi connectivity index (χ0n) is 12.9. The van der Waals surface area contributed by atoms with Gasteiger partial charge in [-0.2, -0.15) is 0 Å². The highest BCUT2D eigenvalue weighted by molar-refractivity contribution is 6.30. The number of ether oxygens (including phenoxy) is 1. The first-order chi connectivity index (χ1) is 10.7. The molecule has 1 spiro atoms. The standard InChI is InChI=1S/C17H22ClN3O/c1-2-22-16-11-17(12-20-9-7-13(17)8-10-20)21(19-16)15-5-3-14(18)4-6-15/h3-6,11,13,19H,2,7-10,12H2,1H3. The molecule has 4 aliphatic rings. The number of nitrogens with one attached hydrogen (secondary N) is 1. The van der Waals surface area contributed by atoms with Crippen molar-refractivity contribution in [3.8, 4) is 0 Å². The predicted octanol–water partition coefficient (Wildman–Crippen LogP) is 3.01. The maximum Gasteiger partial charge on any atom is 0.204 e. The van der Waals surface area contributed by atoms with Crippen LogP contribution in [0.3, 0.4) is 0 Å². The van der Waals surface area contributed by atoms with Crippen LogP contribution < -0.4 is 10.4 Å². The fourth-order valence-electron chi connectivity index (χ4n) is 4.16. The van der Waals surface area contributed by atoms with Gasteiger partial charge in [0.25, 0.3) is 0 Å². The molecule has 0 radical (unpaired) electrons. The number of piperidine rings is 3. The summed E-state index contributed by atoms with van der Waals surface area (Å²) in [4.78, 5) is 2.57. The third kappa shape index (κ3) is 2.17. The minimum atomic E-state index is -0.00513. The van der Waals surface area contributed by atoms with Gasteiger partial charge in [0, 0.05) is 17.6 Å². The van der Waals surface area contributed by atoms with E-state index in [1.807, 2.05) is 19.1 Å². The predicted molar refractivity (Wildman–Crippen MR) is 88.7 cm³/mol. The highest BCUT2D eigenvalue weighted by atomic mass is 35.5. The van der Waals surface area contributed by atoms with Crippen LogP contribution in [0.5, 0.6) is 0 Å². The number of hydrogen-bond donors (Lipinski definition) is 1. The maximum absolute atomic E-state index is 6.05. The van der Waals surface area contributed by atoms with Crippen molar-refractivity contribution in [1.82, 2.24) is 10.3 Å². The number of fused-ring (bicyclic) bond motifs is 2. The Balaban J connectivity index is 1.72. The summed E-state index contributed by atoms with van der Waals surface area (Å²) in [5, 5.41) is 3.06. The molecule has 1 aromatic rings. The Morgan fingerprint density at radius 3 is 2.59 bits per heavy atom. The topological polar surface area (TPSA) is 27.7 Å². The monoisotopic (exact) mass is 319 g/mol. The molecule has 0 saturated carbocycles. The smallest absolute Gasteiger partial charge is 0.204 e. The van der Waals surface area contributed by atoms with E-state index in [1.165, 1.54) is 25.9 Å². The lowest BCUT2D eigenvalue weighted by molar-refractivity contribution is 0.0496. The molecule has 4 aliphatic heterocycles. The fourth-order valence-corrected chi connectivity index (χ4v) is 4.28. The zero-order chi connectivity index (χ0) is 15.2. The first-order valence-corrected chi connectivity index (χ1v) is 8.49. The van der Waals surface area contributed by atoms with Gasteiger partial charge < -0.3 is 9.64 Å². The lowest BCUT2D eigenvalue weighted by Gasteiger charge is -2.54. The number of benzene rings is 1. The van der Waals surface area contributed by atoms with Crippen molar-refractivity contribution in [2.24, 2.45) is 5.92 Å². The second-order valence-electron chi connectivity index (χ2n) is 6.41. The molecule has 4 heterocycles. The average molecular weight is 320 g/mol. The van der Waals surface area contributed by atoms with Crippen LogP contribution in [0, 0.1) is 5.92 Å². The molecule has 118 valence electrons. The van der Waals surface area contributed by atoms with E-state index < -0.39 is 0 Å². The Labute approximate surface area is 136 Å². The molecule has 0 amide bonds. The molecule has 1 atom stereocenters. The number of anilines is 1. The van der Waals surface area contributed by atoms with Gasteiger partial charge in [-0.25, -0.2) is 0 Å². The highest BCUT2D eigenvalue weighted by Crippen LogP contribution is 2.45. The molecule has 22 heavy (non-hydrogen) atoms. The molecule has 1 unspecified atom stereocenters. The van der Waals surface area contributed by atoms with E-state index >= 15 is 0 Å². The van der Waals surface area contributed by atoms with Crippen molar-refractivity contribution in [2.45, 2.75) is 25.3 Å². The zero-order valence-corrected chi connectivity index (χ0v) is 13.6. The van der Waals surface area contributed by atoms with Gasteiger partial charge in [0.15, 0.2) is 0 Å². The lowest BCUT2D eigenvalue weighted by atomic mass is 9.72. The van der Waals surface area contributed by atoms with Gasteiger partial charge in [0.1, 0.15) is 5.54 Å². The van der Waals surface area contributed by atoms with Gasteiger partial charge in [0.2, 0.25) is 5.88 Å². The second-order valence-corrected chi connectivity index (χ2v) is 6.84. The molecule has 4 nitrogen and oxygen atoms in total. The Bertz CT molecular complexity index is 580. The lowest BCUT2D eigenvalue weighted by Crippen LogP contribution is -2.66. The first-order valence-electron chi connectivity index (χ1n) is 8.12. The van der Waals surface area contributed by atoms with Crippen LogP contribution in [-0.4, -0.2) is 36.7 Å². The van der Waals surface area contributed by atoms with Crippen LogP contribution in [-0.2, 0) is 4.74 Å². The molecule has 5 rings (SSSR count). The van der Waals surface area contributed by atoms with Crippen molar-refractivity contribution in [2.75, 3.05) is 31.3 Å². The SMILES string of the molecule is CCOC1=CC2(CN3CCC2CC3)N(c2ccc(Cl)cc2)N1. The van der Waals surface area contributed by atoms with Crippen LogP contribution in [0.15, 0.2) is 36.2 Å². The van der Waals surface area contributed by atoms with E-state index in [0.717, 1.165) is 23.1 Å². The van der Waals surface area contributed by atoms with Crippen molar-refractivity contribution < 1.29 is 4.74 Å². The van der Waals surface area contributed by atoms with Crippen LogP contribution in [0.4, 0.5) is 5.69 Å². The van der Waals surface area contributed by atoms with Gasteiger partial charge in [0.05, 0.1) is 12.3 Å². The van der Waals surface area contributed by atoms with Crippen LogP contribution in [0.25, 0.3) is 0 Å². The van der Waals surface area contributed by atoms with E-state index in [4.69, 9.17) is 16.3 Å². The van der Waals surface area contributed by atoms with Crippen molar-refractivity contribution in [3.63, 3.8) is 0 Å².